The molecule has 2 aromatic rings. The SMILES string of the molecule is CCN(CC(=O)Nc1ccc(OC)cc1)CC(=O)Nc1ccccc1C. The number of carbonyl (C=O) groups is 2. The molecule has 6 nitrogen and oxygen atoms in total. The highest BCUT2D eigenvalue weighted by atomic mass is 16.5. The maximum Gasteiger partial charge on any atom is 0.238 e. The highest BCUT2D eigenvalue weighted by molar-refractivity contribution is 5.95. The summed E-state index contributed by atoms with van der Waals surface area (Å²) in [7, 11) is 1.59. The Hall–Kier alpha value is -2.86. The van der Waals surface area contributed by atoms with Gasteiger partial charge < -0.3 is 15.4 Å². The molecule has 0 aliphatic heterocycles. The van der Waals surface area contributed by atoms with Crippen molar-refractivity contribution in [3.8, 4) is 5.75 Å². The van der Waals surface area contributed by atoms with Crippen molar-refractivity contribution >= 4 is 23.2 Å². The standard InChI is InChI=1S/C20H25N3O3/c1-4-23(14-20(25)22-18-8-6-5-7-15(18)2)13-19(24)21-16-9-11-17(26-3)12-10-16/h5-12H,4,13-14H2,1-3H3,(H,21,24)(H,22,25). The second kappa shape index (κ2) is 9.58. The number of benzene rings is 2. The van der Waals surface area contributed by atoms with E-state index >= 15 is 0 Å². The molecular formula is C20H25N3O3. The third-order valence-corrected chi connectivity index (χ3v) is 3.97. The van der Waals surface area contributed by atoms with Crippen LogP contribution in [0.3, 0.4) is 0 Å². The lowest BCUT2D eigenvalue weighted by Crippen LogP contribution is -2.38. The van der Waals surface area contributed by atoms with Crippen molar-refractivity contribution in [3.05, 3.63) is 54.1 Å². The molecule has 0 fully saturated rings. The number of methoxy groups -OCH3 is 1. The van der Waals surface area contributed by atoms with Crippen molar-refractivity contribution in [1.29, 1.82) is 0 Å². The number of rotatable bonds is 8. The van der Waals surface area contributed by atoms with Gasteiger partial charge in [0.25, 0.3) is 0 Å². The number of para-hydroxylation sites is 1. The Bertz CT molecular complexity index is 744. The Morgan fingerprint density at radius 2 is 1.58 bits per heavy atom. The topological polar surface area (TPSA) is 70.7 Å². The van der Waals surface area contributed by atoms with Crippen molar-refractivity contribution in [2.75, 3.05) is 37.4 Å². The Labute approximate surface area is 154 Å². The number of amides is 2. The summed E-state index contributed by atoms with van der Waals surface area (Å²) in [6.45, 7) is 4.75. The summed E-state index contributed by atoms with van der Waals surface area (Å²) >= 11 is 0. The predicted molar refractivity (Wildman–Crippen MR) is 104 cm³/mol. The number of anilines is 2. The third-order valence-electron chi connectivity index (χ3n) is 3.97. The first-order valence-corrected chi connectivity index (χ1v) is 8.53. The first-order chi connectivity index (χ1) is 12.5. The largest absolute Gasteiger partial charge is 0.497 e. The molecule has 0 saturated heterocycles. The lowest BCUT2D eigenvalue weighted by Gasteiger charge is -2.19. The number of aryl methyl sites for hydroxylation is 1. The van der Waals surface area contributed by atoms with Crippen molar-refractivity contribution in [2.45, 2.75) is 13.8 Å². The quantitative estimate of drug-likeness (QED) is 0.764. The van der Waals surface area contributed by atoms with Crippen LogP contribution in [0.15, 0.2) is 48.5 Å². The maximum absolute atomic E-state index is 12.2. The minimum absolute atomic E-state index is 0.140. The van der Waals surface area contributed by atoms with Crippen LogP contribution in [-0.2, 0) is 9.59 Å². The van der Waals surface area contributed by atoms with Gasteiger partial charge in [-0.1, -0.05) is 25.1 Å². The second-order valence-corrected chi connectivity index (χ2v) is 5.94. The molecule has 6 heteroatoms. The van der Waals surface area contributed by atoms with E-state index in [1.807, 2.05) is 38.1 Å². The van der Waals surface area contributed by atoms with Gasteiger partial charge in [0.2, 0.25) is 11.8 Å². The van der Waals surface area contributed by atoms with Gasteiger partial charge in [-0.25, -0.2) is 0 Å². The van der Waals surface area contributed by atoms with Crippen LogP contribution in [-0.4, -0.2) is 43.5 Å². The van der Waals surface area contributed by atoms with Crippen LogP contribution in [0.2, 0.25) is 0 Å². The average molecular weight is 355 g/mol. The van der Waals surface area contributed by atoms with Gasteiger partial charge in [0.05, 0.1) is 20.2 Å². The highest BCUT2D eigenvalue weighted by Gasteiger charge is 2.14. The van der Waals surface area contributed by atoms with Crippen LogP contribution >= 0.6 is 0 Å². The van der Waals surface area contributed by atoms with Gasteiger partial charge in [0.1, 0.15) is 5.75 Å². The number of nitrogens with one attached hydrogen (secondary N) is 2. The van der Waals surface area contributed by atoms with E-state index in [2.05, 4.69) is 10.6 Å². The van der Waals surface area contributed by atoms with E-state index in [4.69, 9.17) is 4.74 Å². The minimum atomic E-state index is -0.166. The van der Waals surface area contributed by atoms with Crippen LogP contribution in [0.4, 0.5) is 11.4 Å². The minimum Gasteiger partial charge on any atom is -0.497 e. The van der Waals surface area contributed by atoms with Crippen LogP contribution < -0.4 is 15.4 Å². The van der Waals surface area contributed by atoms with E-state index in [1.165, 1.54) is 0 Å². The fraction of sp³-hybridized carbons (Fsp3) is 0.300. The molecule has 0 unspecified atom stereocenters. The molecule has 26 heavy (non-hydrogen) atoms. The number of carbonyl (C=O) groups excluding carboxylic acids is 2. The lowest BCUT2D eigenvalue weighted by atomic mass is 10.2. The zero-order valence-corrected chi connectivity index (χ0v) is 15.4. The molecule has 0 radical (unpaired) electrons. The zero-order chi connectivity index (χ0) is 18.9. The average Bonchev–Trinajstić information content (AvgIpc) is 2.63. The van der Waals surface area contributed by atoms with Gasteiger partial charge in [0, 0.05) is 11.4 Å². The number of hydrogen-bond donors (Lipinski definition) is 2. The molecule has 2 N–H and O–H groups in total. The number of likely N-dealkylation sites (N-methyl/N-ethyl adjacent to an activating group) is 1. The predicted octanol–water partition coefficient (Wildman–Crippen LogP) is 2.90. The molecule has 0 saturated carbocycles. The first kappa shape index (κ1) is 19.5. The summed E-state index contributed by atoms with van der Waals surface area (Å²) in [6, 6.07) is 14.7. The van der Waals surface area contributed by atoms with Crippen LogP contribution in [0.25, 0.3) is 0 Å². The van der Waals surface area contributed by atoms with Gasteiger partial charge in [-0.15, -0.1) is 0 Å². The van der Waals surface area contributed by atoms with Crippen molar-refractivity contribution in [1.82, 2.24) is 4.90 Å². The van der Waals surface area contributed by atoms with Gasteiger partial charge in [-0.3, -0.25) is 14.5 Å². The molecule has 0 bridgehead atoms. The van der Waals surface area contributed by atoms with Crippen LogP contribution in [0, 0.1) is 6.92 Å². The molecule has 2 amide bonds. The van der Waals surface area contributed by atoms with Crippen molar-refractivity contribution in [2.24, 2.45) is 0 Å². The molecule has 0 aliphatic rings. The Kier molecular flexibility index (Phi) is 7.17. The number of hydrogen-bond acceptors (Lipinski definition) is 4. The zero-order valence-electron chi connectivity index (χ0n) is 15.4. The van der Waals surface area contributed by atoms with E-state index in [-0.39, 0.29) is 24.9 Å². The van der Waals surface area contributed by atoms with Crippen molar-refractivity contribution in [3.63, 3.8) is 0 Å². The third kappa shape index (κ3) is 5.89. The Morgan fingerprint density at radius 3 is 2.15 bits per heavy atom. The van der Waals surface area contributed by atoms with Gasteiger partial charge in [-0.2, -0.15) is 0 Å². The molecule has 0 aliphatic carbocycles. The normalized spacial score (nSPS) is 10.5. The highest BCUT2D eigenvalue weighted by Crippen LogP contribution is 2.15. The van der Waals surface area contributed by atoms with E-state index in [0.717, 1.165) is 17.0 Å². The molecule has 2 rings (SSSR count). The fourth-order valence-electron chi connectivity index (χ4n) is 2.46. The summed E-state index contributed by atoms with van der Waals surface area (Å²) in [5, 5.41) is 5.71. The fourth-order valence-corrected chi connectivity index (χ4v) is 2.46. The van der Waals surface area contributed by atoms with Gasteiger partial charge >= 0.3 is 0 Å². The molecule has 0 heterocycles. The van der Waals surface area contributed by atoms with Crippen LogP contribution in [0.1, 0.15) is 12.5 Å². The van der Waals surface area contributed by atoms with Gasteiger partial charge in [0.15, 0.2) is 0 Å². The maximum atomic E-state index is 12.2. The monoisotopic (exact) mass is 355 g/mol. The molecule has 0 atom stereocenters. The summed E-state index contributed by atoms with van der Waals surface area (Å²) in [5.41, 5.74) is 2.48. The summed E-state index contributed by atoms with van der Waals surface area (Å²) in [6.07, 6.45) is 0. The molecule has 138 valence electrons. The summed E-state index contributed by atoms with van der Waals surface area (Å²) in [5.74, 6) is 0.421. The summed E-state index contributed by atoms with van der Waals surface area (Å²) in [4.78, 5) is 26.2. The van der Waals surface area contributed by atoms with E-state index < -0.39 is 0 Å². The Morgan fingerprint density at radius 1 is 0.962 bits per heavy atom. The number of ether oxygens (including phenoxy) is 1. The van der Waals surface area contributed by atoms with Crippen LogP contribution in [0.5, 0.6) is 5.75 Å². The molecule has 2 aromatic carbocycles. The number of nitrogens with zero attached hydrogens (tertiary/aromatic N) is 1. The summed E-state index contributed by atoms with van der Waals surface area (Å²) < 4.78 is 5.09. The molecule has 0 spiro atoms. The van der Waals surface area contributed by atoms with Crippen molar-refractivity contribution < 1.29 is 14.3 Å². The first-order valence-electron chi connectivity index (χ1n) is 8.53. The van der Waals surface area contributed by atoms with E-state index in [0.29, 0.717) is 12.2 Å². The van der Waals surface area contributed by atoms with Gasteiger partial charge in [-0.05, 0) is 49.4 Å². The second-order valence-electron chi connectivity index (χ2n) is 5.94. The lowest BCUT2D eigenvalue weighted by molar-refractivity contribution is -0.119. The molecular weight excluding hydrogens is 330 g/mol. The smallest absolute Gasteiger partial charge is 0.238 e. The van der Waals surface area contributed by atoms with E-state index in [1.54, 1.807) is 36.3 Å². The van der Waals surface area contributed by atoms with E-state index in [9.17, 15) is 9.59 Å². The Balaban J connectivity index is 1.86. The molecule has 0 aromatic heterocycles.